The van der Waals surface area contributed by atoms with Crippen LogP contribution in [0.3, 0.4) is 0 Å². The van der Waals surface area contributed by atoms with E-state index in [1.807, 2.05) is 11.8 Å². The van der Waals surface area contributed by atoms with Gasteiger partial charge in [0.15, 0.2) is 0 Å². The molecule has 1 N–H and O–H groups in total. The van der Waals surface area contributed by atoms with Gasteiger partial charge in [0, 0.05) is 6.54 Å². The molecule has 0 aromatic carbocycles. The molecule has 4 heteroatoms. The van der Waals surface area contributed by atoms with Gasteiger partial charge in [-0.15, -0.1) is 0 Å². The van der Waals surface area contributed by atoms with Crippen molar-refractivity contribution in [1.29, 1.82) is 0 Å². The van der Waals surface area contributed by atoms with Crippen LogP contribution >= 0.6 is 0 Å². The predicted octanol–water partition coefficient (Wildman–Crippen LogP) is 1.55. The van der Waals surface area contributed by atoms with Gasteiger partial charge in [-0.25, -0.2) is 0 Å². The van der Waals surface area contributed by atoms with E-state index in [1.54, 1.807) is 0 Å². The van der Waals surface area contributed by atoms with Crippen LogP contribution in [0, 0.1) is 11.8 Å². The zero-order valence-electron chi connectivity index (χ0n) is 11.7. The van der Waals surface area contributed by atoms with E-state index in [2.05, 4.69) is 19.2 Å². The lowest BCUT2D eigenvalue weighted by atomic mass is 9.88. The third-order valence-corrected chi connectivity index (χ3v) is 4.69. The summed E-state index contributed by atoms with van der Waals surface area (Å²) in [6, 6.07) is 0. The predicted molar refractivity (Wildman–Crippen MR) is 69.9 cm³/mol. The fourth-order valence-electron chi connectivity index (χ4n) is 2.96. The van der Waals surface area contributed by atoms with Crippen LogP contribution in [0.25, 0.3) is 0 Å². The normalized spacial score (nSPS) is 28.8. The van der Waals surface area contributed by atoms with Crippen molar-refractivity contribution in [3.05, 3.63) is 0 Å². The molecule has 18 heavy (non-hydrogen) atoms. The van der Waals surface area contributed by atoms with Crippen LogP contribution in [0.2, 0.25) is 0 Å². The number of hydrogen-bond acceptors (Lipinski definition) is 2. The SMILES string of the molecule is CCC(CC)CN1C(=O)CNC(=O)C1(C)C1CC1. The van der Waals surface area contributed by atoms with Gasteiger partial charge in [-0.3, -0.25) is 9.59 Å². The van der Waals surface area contributed by atoms with Gasteiger partial charge in [0.2, 0.25) is 11.8 Å². The van der Waals surface area contributed by atoms with Crippen LogP contribution in [-0.2, 0) is 9.59 Å². The second-order valence-corrected chi connectivity index (χ2v) is 5.79. The second kappa shape index (κ2) is 4.90. The van der Waals surface area contributed by atoms with Crippen LogP contribution in [0.15, 0.2) is 0 Å². The van der Waals surface area contributed by atoms with Crippen molar-refractivity contribution < 1.29 is 9.59 Å². The Morgan fingerprint density at radius 1 is 1.33 bits per heavy atom. The van der Waals surface area contributed by atoms with Crippen molar-refractivity contribution in [1.82, 2.24) is 10.2 Å². The Labute approximate surface area is 109 Å². The first-order valence-corrected chi connectivity index (χ1v) is 7.12. The fraction of sp³-hybridized carbons (Fsp3) is 0.857. The van der Waals surface area contributed by atoms with E-state index in [0.29, 0.717) is 11.8 Å². The molecule has 0 aromatic rings. The smallest absolute Gasteiger partial charge is 0.246 e. The molecule has 1 saturated carbocycles. The van der Waals surface area contributed by atoms with Crippen molar-refractivity contribution in [2.75, 3.05) is 13.1 Å². The minimum Gasteiger partial charge on any atom is -0.345 e. The van der Waals surface area contributed by atoms with Gasteiger partial charge in [-0.2, -0.15) is 0 Å². The highest BCUT2D eigenvalue weighted by atomic mass is 16.2. The first kappa shape index (κ1) is 13.4. The first-order valence-electron chi connectivity index (χ1n) is 7.12. The van der Waals surface area contributed by atoms with Crippen LogP contribution in [0.4, 0.5) is 0 Å². The summed E-state index contributed by atoms with van der Waals surface area (Å²) in [4.78, 5) is 26.2. The van der Waals surface area contributed by atoms with Gasteiger partial charge < -0.3 is 10.2 Å². The quantitative estimate of drug-likeness (QED) is 0.807. The molecule has 1 atom stereocenters. The van der Waals surface area contributed by atoms with Crippen molar-refractivity contribution in [2.45, 2.75) is 52.0 Å². The van der Waals surface area contributed by atoms with E-state index in [-0.39, 0.29) is 18.4 Å². The van der Waals surface area contributed by atoms with Gasteiger partial charge >= 0.3 is 0 Å². The molecule has 0 radical (unpaired) electrons. The highest BCUT2D eigenvalue weighted by molar-refractivity contribution is 5.98. The number of piperazine rings is 1. The van der Waals surface area contributed by atoms with Crippen LogP contribution in [0.5, 0.6) is 0 Å². The minimum atomic E-state index is -0.599. The summed E-state index contributed by atoms with van der Waals surface area (Å²) in [6.07, 6.45) is 4.25. The van der Waals surface area contributed by atoms with Crippen LogP contribution in [0.1, 0.15) is 46.5 Å². The Bertz CT molecular complexity index is 348. The molecule has 4 nitrogen and oxygen atoms in total. The van der Waals surface area contributed by atoms with E-state index in [9.17, 15) is 9.59 Å². The lowest BCUT2D eigenvalue weighted by Crippen LogP contribution is -2.67. The Morgan fingerprint density at radius 3 is 2.44 bits per heavy atom. The summed E-state index contributed by atoms with van der Waals surface area (Å²) in [6.45, 7) is 7.14. The largest absolute Gasteiger partial charge is 0.345 e. The van der Waals surface area contributed by atoms with Crippen molar-refractivity contribution in [3.63, 3.8) is 0 Å². The first-order chi connectivity index (χ1) is 8.53. The van der Waals surface area contributed by atoms with Crippen molar-refractivity contribution in [3.8, 4) is 0 Å². The summed E-state index contributed by atoms with van der Waals surface area (Å²) in [7, 11) is 0. The third kappa shape index (κ3) is 2.13. The fourth-order valence-corrected chi connectivity index (χ4v) is 2.96. The number of carbonyl (C=O) groups excluding carboxylic acids is 2. The van der Waals surface area contributed by atoms with Gasteiger partial charge in [-0.1, -0.05) is 26.7 Å². The van der Waals surface area contributed by atoms with E-state index in [4.69, 9.17) is 0 Å². The average Bonchev–Trinajstić information content (AvgIpc) is 3.19. The molecule has 1 unspecified atom stereocenters. The minimum absolute atomic E-state index is 0.0376. The zero-order valence-corrected chi connectivity index (χ0v) is 11.7. The monoisotopic (exact) mass is 252 g/mol. The lowest BCUT2D eigenvalue weighted by molar-refractivity contribution is -0.155. The molecule has 0 bridgehead atoms. The molecule has 1 saturated heterocycles. The average molecular weight is 252 g/mol. The molecule has 1 aliphatic carbocycles. The number of carbonyl (C=O) groups is 2. The summed E-state index contributed by atoms with van der Waals surface area (Å²) < 4.78 is 0. The number of amides is 2. The summed E-state index contributed by atoms with van der Waals surface area (Å²) >= 11 is 0. The summed E-state index contributed by atoms with van der Waals surface area (Å²) in [5.41, 5.74) is -0.599. The summed E-state index contributed by atoms with van der Waals surface area (Å²) in [5.74, 6) is 0.973. The molecular formula is C14H24N2O2. The van der Waals surface area contributed by atoms with Crippen molar-refractivity contribution in [2.24, 2.45) is 11.8 Å². The maximum absolute atomic E-state index is 12.2. The van der Waals surface area contributed by atoms with Crippen LogP contribution in [-0.4, -0.2) is 35.3 Å². The Hall–Kier alpha value is -1.06. The molecule has 2 fully saturated rings. The van der Waals surface area contributed by atoms with Crippen molar-refractivity contribution >= 4 is 11.8 Å². The van der Waals surface area contributed by atoms with Gasteiger partial charge in [-0.05, 0) is 31.6 Å². The van der Waals surface area contributed by atoms with Gasteiger partial charge in [0.05, 0.1) is 6.54 Å². The highest BCUT2D eigenvalue weighted by Crippen LogP contribution is 2.44. The molecule has 0 spiro atoms. The molecule has 2 amide bonds. The van der Waals surface area contributed by atoms with Gasteiger partial charge in [0.1, 0.15) is 5.54 Å². The Morgan fingerprint density at radius 2 is 1.94 bits per heavy atom. The van der Waals surface area contributed by atoms with E-state index < -0.39 is 5.54 Å². The zero-order chi connectivity index (χ0) is 13.3. The van der Waals surface area contributed by atoms with E-state index >= 15 is 0 Å². The maximum atomic E-state index is 12.2. The molecule has 0 aromatic heterocycles. The topological polar surface area (TPSA) is 49.4 Å². The molecule has 2 aliphatic rings. The van der Waals surface area contributed by atoms with Gasteiger partial charge in [0.25, 0.3) is 0 Å². The lowest BCUT2D eigenvalue weighted by Gasteiger charge is -2.45. The molecule has 102 valence electrons. The number of nitrogens with zero attached hydrogens (tertiary/aromatic N) is 1. The number of hydrogen-bond donors (Lipinski definition) is 1. The number of nitrogens with one attached hydrogen (secondary N) is 1. The Kier molecular flexibility index (Phi) is 3.64. The van der Waals surface area contributed by atoms with E-state index in [1.165, 1.54) is 0 Å². The van der Waals surface area contributed by atoms with Crippen LogP contribution < -0.4 is 5.32 Å². The second-order valence-electron chi connectivity index (χ2n) is 5.79. The van der Waals surface area contributed by atoms with E-state index in [0.717, 1.165) is 32.2 Å². The Balaban J connectivity index is 2.21. The molecule has 1 heterocycles. The molecule has 1 aliphatic heterocycles. The highest BCUT2D eigenvalue weighted by Gasteiger charge is 2.54. The third-order valence-electron chi connectivity index (χ3n) is 4.69. The molecule has 2 rings (SSSR count). The standard InChI is InChI=1S/C14H24N2O2/c1-4-10(5-2)9-16-12(17)8-15-13(18)14(16,3)11-6-7-11/h10-11H,4-9H2,1-3H3,(H,15,18). The maximum Gasteiger partial charge on any atom is 0.246 e. The molecular weight excluding hydrogens is 228 g/mol. The summed E-state index contributed by atoms with van der Waals surface area (Å²) in [5, 5.41) is 2.75. The number of rotatable bonds is 5.